The molecule has 2 heterocycles. The van der Waals surface area contributed by atoms with Crippen molar-refractivity contribution in [1.82, 2.24) is 8.96 Å². The molecule has 0 saturated heterocycles. The molecule has 0 unspecified atom stereocenters. The molecule has 1 aromatic carbocycles. The summed E-state index contributed by atoms with van der Waals surface area (Å²) < 4.78 is 19.8. The highest BCUT2D eigenvalue weighted by Crippen LogP contribution is 2.37. The molecule has 22 heavy (non-hydrogen) atoms. The van der Waals surface area contributed by atoms with Crippen LogP contribution in [0.2, 0.25) is 5.15 Å². The van der Waals surface area contributed by atoms with Crippen molar-refractivity contribution in [3.63, 3.8) is 0 Å². The molecule has 0 fully saturated rings. The van der Waals surface area contributed by atoms with Crippen molar-refractivity contribution in [1.29, 1.82) is 0 Å². The van der Waals surface area contributed by atoms with Gasteiger partial charge in [-0.1, -0.05) is 43.6 Å². The second-order valence-electron chi connectivity index (χ2n) is 4.14. The third-order valence-electron chi connectivity index (χ3n) is 3.06. The van der Waals surface area contributed by atoms with Crippen LogP contribution in [0.15, 0.2) is 42.6 Å². The number of hydrogen-bond donors (Lipinski definition) is 0. The van der Waals surface area contributed by atoms with Crippen molar-refractivity contribution < 1.29 is 8.62 Å². The van der Waals surface area contributed by atoms with E-state index in [9.17, 15) is 3.89 Å². The normalized spacial score (nSPS) is 10.2. The molecule has 116 valence electrons. The van der Waals surface area contributed by atoms with Gasteiger partial charge in [0.25, 0.3) is 0 Å². The van der Waals surface area contributed by atoms with Gasteiger partial charge in [-0.15, -0.1) is 3.89 Å². The van der Waals surface area contributed by atoms with E-state index in [2.05, 4.69) is 4.98 Å². The van der Waals surface area contributed by atoms with Crippen LogP contribution in [0.5, 0.6) is 5.75 Å². The van der Waals surface area contributed by atoms with Crippen molar-refractivity contribution in [2.24, 2.45) is 0 Å². The molecule has 3 rings (SSSR count). The highest BCUT2D eigenvalue weighted by molar-refractivity contribution is 7.92. The fourth-order valence-electron chi connectivity index (χ4n) is 2.19. The Morgan fingerprint density at radius 2 is 1.86 bits per heavy atom. The van der Waals surface area contributed by atoms with Crippen LogP contribution in [0.1, 0.15) is 13.8 Å². The third kappa shape index (κ3) is 3.05. The van der Waals surface area contributed by atoms with Crippen molar-refractivity contribution >= 4 is 35.0 Å². The van der Waals surface area contributed by atoms with E-state index in [0.29, 0.717) is 10.8 Å². The second kappa shape index (κ2) is 7.51. The van der Waals surface area contributed by atoms with Gasteiger partial charge in [0.2, 0.25) is 0 Å². The maximum Gasteiger partial charge on any atom is 0.171 e. The molecule has 0 aliphatic rings. The lowest BCUT2D eigenvalue weighted by Gasteiger charge is -2.06. The lowest BCUT2D eigenvalue weighted by atomic mass is 10.1. The van der Waals surface area contributed by atoms with Crippen LogP contribution < -0.4 is 4.74 Å². The number of aromatic nitrogens is 2. The average molecular weight is 339 g/mol. The van der Waals surface area contributed by atoms with Crippen LogP contribution in [0.3, 0.4) is 0 Å². The summed E-state index contributed by atoms with van der Waals surface area (Å²) in [5.41, 5.74) is 2.23. The molecule has 6 heteroatoms. The molecule has 0 spiro atoms. The van der Waals surface area contributed by atoms with Gasteiger partial charge < -0.3 is 4.74 Å². The lowest BCUT2D eigenvalue weighted by molar-refractivity contribution is 0.416. The number of benzene rings is 1. The summed E-state index contributed by atoms with van der Waals surface area (Å²) in [7, 11) is 1.61. The predicted octanol–water partition coefficient (Wildman–Crippen LogP) is 5.77. The SMILES string of the molecule is CC.COc1ccccc1-c1cn(SF)c2nc(Cl)ccc12. The molecular formula is C16H16ClFN2OS. The first-order chi connectivity index (χ1) is 10.7. The Bertz CT molecular complexity index is 776. The standard InChI is InChI=1S/C14H10ClFN2OS.C2H6/c1-19-12-5-3-2-4-9(12)11-8-18(20-16)14-10(11)6-7-13(15)17-14;1-2/h2-8H,1H3;1-2H3. The summed E-state index contributed by atoms with van der Waals surface area (Å²) in [6, 6.07) is 11.1. The fourth-order valence-corrected chi connectivity index (χ4v) is 2.68. The monoisotopic (exact) mass is 338 g/mol. The number of hydrogen-bond acceptors (Lipinski definition) is 3. The van der Waals surface area contributed by atoms with Gasteiger partial charge >= 0.3 is 0 Å². The second-order valence-corrected chi connectivity index (χ2v) is 5.06. The maximum absolute atomic E-state index is 13.1. The van der Waals surface area contributed by atoms with Gasteiger partial charge in [0.05, 0.1) is 7.11 Å². The largest absolute Gasteiger partial charge is 0.496 e. The zero-order chi connectivity index (χ0) is 16.1. The van der Waals surface area contributed by atoms with E-state index in [1.54, 1.807) is 19.4 Å². The number of fused-ring (bicyclic) bond motifs is 1. The Morgan fingerprint density at radius 3 is 2.55 bits per heavy atom. The summed E-state index contributed by atoms with van der Waals surface area (Å²) in [6.07, 6.45) is 1.69. The van der Waals surface area contributed by atoms with Gasteiger partial charge in [-0.25, -0.2) is 8.96 Å². The minimum Gasteiger partial charge on any atom is -0.496 e. The first kappa shape index (κ1) is 16.6. The highest BCUT2D eigenvalue weighted by atomic mass is 35.5. The van der Waals surface area contributed by atoms with E-state index < -0.39 is 0 Å². The summed E-state index contributed by atoms with van der Waals surface area (Å²) in [4.78, 5) is 4.17. The van der Waals surface area contributed by atoms with Crippen molar-refractivity contribution in [3.05, 3.63) is 47.7 Å². The van der Waals surface area contributed by atoms with E-state index in [1.165, 1.54) is 3.97 Å². The molecule has 0 N–H and O–H groups in total. The summed E-state index contributed by atoms with van der Waals surface area (Å²) in [6.45, 7) is 4.00. The number of nitrogens with zero attached hydrogens (tertiary/aromatic N) is 2. The number of pyridine rings is 1. The van der Waals surface area contributed by atoms with Crippen LogP contribution >= 0.6 is 23.9 Å². The molecular weight excluding hydrogens is 323 g/mol. The molecule has 2 aromatic heterocycles. The number of para-hydroxylation sites is 1. The van der Waals surface area contributed by atoms with E-state index >= 15 is 0 Å². The smallest absolute Gasteiger partial charge is 0.171 e. The van der Waals surface area contributed by atoms with Gasteiger partial charge in [0.15, 0.2) is 18.0 Å². The first-order valence-electron chi connectivity index (χ1n) is 6.84. The first-order valence-corrected chi connectivity index (χ1v) is 7.90. The van der Waals surface area contributed by atoms with Crippen molar-refractivity contribution in [2.75, 3.05) is 7.11 Å². The van der Waals surface area contributed by atoms with E-state index in [1.807, 2.05) is 44.2 Å². The minimum atomic E-state index is 0.0907. The third-order valence-corrected chi connectivity index (χ3v) is 3.70. The van der Waals surface area contributed by atoms with Gasteiger partial charge in [0, 0.05) is 22.7 Å². The molecule has 0 saturated carbocycles. The van der Waals surface area contributed by atoms with Gasteiger partial charge in [-0.05, 0) is 18.2 Å². The summed E-state index contributed by atoms with van der Waals surface area (Å²) in [5.74, 6) is 0.727. The Morgan fingerprint density at radius 1 is 1.14 bits per heavy atom. The molecule has 0 aliphatic heterocycles. The average Bonchev–Trinajstić information content (AvgIpc) is 2.94. The Hall–Kier alpha value is -1.72. The summed E-state index contributed by atoms with van der Waals surface area (Å²) in [5, 5.41) is 1.15. The molecule has 0 atom stereocenters. The number of rotatable bonds is 3. The van der Waals surface area contributed by atoms with Crippen LogP contribution in [0.25, 0.3) is 22.2 Å². The van der Waals surface area contributed by atoms with Crippen molar-refractivity contribution in [3.8, 4) is 16.9 Å². The van der Waals surface area contributed by atoms with Crippen LogP contribution in [-0.4, -0.2) is 16.1 Å². The highest BCUT2D eigenvalue weighted by Gasteiger charge is 2.15. The van der Waals surface area contributed by atoms with Crippen molar-refractivity contribution in [2.45, 2.75) is 13.8 Å². The predicted molar refractivity (Wildman–Crippen MR) is 92.2 cm³/mol. The van der Waals surface area contributed by atoms with Crippen LogP contribution in [-0.2, 0) is 0 Å². The van der Waals surface area contributed by atoms with Gasteiger partial charge in [-0.2, -0.15) is 0 Å². The van der Waals surface area contributed by atoms with E-state index in [-0.39, 0.29) is 12.3 Å². The number of methoxy groups -OCH3 is 1. The maximum atomic E-state index is 13.1. The van der Waals surface area contributed by atoms with Gasteiger partial charge in [0.1, 0.15) is 10.9 Å². The summed E-state index contributed by atoms with van der Waals surface area (Å²) >= 11 is 5.97. The fraction of sp³-hybridized carbons (Fsp3) is 0.188. The van der Waals surface area contributed by atoms with E-state index in [4.69, 9.17) is 16.3 Å². The molecule has 0 radical (unpaired) electrons. The van der Waals surface area contributed by atoms with Crippen LogP contribution in [0.4, 0.5) is 3.89 Å². The lowest BCUT2D eigenvalue weighted by Crippen LogP contribution is -1.86. The number of ether oxygens (including phenoxy) is 1. The zero-order valence-electron chi connectivity index (χ0n) is 12.5. The molecule has 0 amide bonds. The van der Waals surface area contributed by atoms with Crippen LogP contribution in [0, 0.1) is 0 Å². The Labute approximate surface area is 138 Å². The molecule has 0 aliphatic carbocycles. The molecule has 0 bridgehead atoms. The molecule has 3 aromatic rings. The zero-order valence-corrected chi connectivity index (χ0v) is 14.1. The number of halogens is 2. The van der Waals surface area contributed by atoms with E-state index in [0.717, 1.165) is 22.3 Å². The quantitative estimate of drug-likeness (QED) is 0.567. The Balaban J connectivity index is 0.000000847. The Kier molecular flexibility index (Phi) is 5.69. The topological polar surface area (TPSA) is 27.1 Å². The van der Waals surface area contributed by atoms with Gasteiger partial charge in [-0.3, -0.25) is 0 Å². The minimum absolute atomic E-state index is 0.0907. The molecule has 3 nitrogen and oxygen atoms in total.